The maximum absolute atomic E-state index is 12.6. The molecular formula is C16H23F3N2O. The quantitative estimate of drug-likeness (QED) is 0.847. The second-order valence-electron chi connectivity index (χ2n) is 5.91. The largest absolute Gasteiger partial charge is 0.416 e. The van der Waals surface area contributed by atoms with Crippen molar-refractivity contribution < 1.29 is 18.3 Å². The Hall–Kier alpha value is -1.27. The molecule has 1 fully saturated rings. The van der Waals surface area contributed by atoms with E-state index in [1.165, 1.54) is 0 Å². The molecule has 0 amide bonds. The maximum Gasteiger partial charge on any atom is 0.416 e. The SMILES string of the molecule is C[C@@H](CCCO)N[C@H]1CCN(c2ccc(C(F)(F)F)cc2)C1. The molecule has 1 aliphatic heterocycles. The fraction of sp³-hybridized carbons (Fsp3) is 0.625. The van der Waals surface area contributed by atoms with Crippen LogP contribution in [0.25, 0.3) is 0 Å². The number of aliphatic hydroxyl groups is 1. The molecule has 0 spiro atoms. The Morgan fingerprint density at radius 3 is 2.59 bits per heavy atom. The Morgan fingerprint density at radius 1 is 1.32 bits per heavy atom. The summed E-state index contributed by atoms with van der Waals surface area (Å²) >= 11 is 0. The Balaban J connectivity index is 1.87. The van der Waals surface area contributed by atoms with E-state index in [-0.39, 0.29) is 6.61 Å². The molecule has 1 aromatic rings. The molecule has 2 rings (SSSR count). The molecule has 1 heterocycles. The van der Waals surface area contributed by atoms with Gasteiger partial charge in [-0.15, -0.1) is 0 Å². The summed E-state index contributed by atoms with van der Waals surface area (Å²) in [6.07, 6.45) is -1.60. The molecule has 2 atom stereocenters. The molecule has 124 valence electrons. The van der Waals surface area contributed by atoms with E-state index in [9.17, 15) is 13.2 Å². The minimum absolute atomic E-state index is 0.203. The molecule has 0 unspecified atom stereocenters. The highest BCUT2D eigenvalue weighted by Crippen LogP contribution is 2.31. The van der Waals surface area contributed by atoms with E-state index < -0.39 is 11.7 Å². The Morgan fingerprint density at radius 2 is 2.00 bits per heavy atom. The number of anilines is 1. The first-order valence-corrected chi connectivity index (χ1v) is 7.69. The van der Waals surface area contributed by atoms with Crippen molar-refractivity contribution in [1.29, 1.82) is 0 Å². The predicted octanol–water partition coefficient (Wildman–Crippen LogP) is 3.03. The van der Waals surface area contributed by atoms with Crippen LogP contribution in [0.4, 0.5) is 18.9 Å². The molecule has 0 aliphatic carbocycles. The summed E-state index contributed by atoms with van der Waals surface area (Å²) in [5, 5.41) is 12.3. The number of benzene rings is 1. The van der Waals surface area contributed by atoms with Crippen LogP contribution in [0, 0.1) is 0 Å². The van der Waals surface area contributed by atoms with E-state index in [1.807, 2.05) is 0 Å². The monoisotopic (exact) mass is 316 g/mol. The third-order valence-corrected chi connectivity index (χ3v) is 4.06. The minimum atomic E-state index is -4.28. The van der Waals surface area contributed by atoms with E-state index in [0.717, 1.165) is 50.2 Å². The van der Waals surface area contributed by atoms with Crippen molar-refractivity contribution in [3.63, 3.8) is 0 Å². The first-order chi connectivity index (χ1) is 10.4. The molecule has 1 aliphatic rings. The number of alkyl halides is 3. The van der Waals surface area contributed by atoms with Gasteiger partial charge in [0.2, 0.25) is 0 Å². The van der Waals surface area contributed by atoms with Crippen molar-refractivity contribution in [3.8, 4) is 0 Å². The molecular weight excluding hydrogens is 293 g/mol. The lowest BCUT2D eigenvalue weighted by Gasteiger charge is -2.22. The van der Waals surface area contributed by atoms with E-state index in [1.54, 1.807) is 12.1 Å². The number of hydrogen-bond acceptors (Lipinski definition) is 3. The third-order valence-electron chi connectivity index (χ3n) is 4.06. The Labute approximate surface area is 129 Å². The Bertz CT molecular complexity index is 461. The topological polar surface area (TPSA) is 35.5 Å². The first-order valence-electron chi connectivity index (χ1n) is 7.69. The van der Waals surface area contributed by atoms with Crippen molar-refractivity contribution in [1.82, 2.24) is 5.32 Å². The van der Waals surface area contributed by atoms with Crippen molar-refractivity contribution in [2.45, 2.75) is 44.4 Å². The molecule has 3 nitrogen and oxygen atoms in total. The number of nitrogens with one attached hydrogen (secondary N) is 1. The molecule has 0 aromatic heterocycles. The van der Waals surface area contributed by atoms with Gasteiger partial charge in [-0.1, -0.05) is 0 Å². The zero-order valence-corrected chi connectivity index (χ0v) is 12.7. The lowest BCUT2D eigenvalue weighted by molar-refractivity contribution is -0.137. The lowest BCUT2D eigenvalue weighted by Crippen LogP contribution is -2.38. The second-order valence-corrected chi connectivity index (χ2v) is 5.91. The average molecular weight is 316 g/mol. The van der Waals surface area contributed by atoms with Crippen molar-refractivity contribution >= 4 is 5.69 Å². The lowest BCUT2D eigenvalue weighted by atomic mass is 10.1. The molecule has 22 heavy (non-hydrogen) atoms. The van der Waals surface area contributed by atoms with E-state index in [4.69, 9.17) is 5.11 Å². The van der Waals surface area contributed by atoms with E-state index in [0.29, 0.717) is 12.1 Å². The van der Waals surface area contributed by atoms with Crippen LogP contribution in [0.2, 0.25) is 0 Å². The number of halogens is 3. The van der Waals surface area contributed by atoms with Gasteiger partial charge in [-0.05, 0) is 50.5 Å². The van der Waals surface area contributed by atoms with Crippen LogP contribution < -0.4 is 10.2 Å². The van der Waals surface area contributed by atoms with Gasteiger partial charge >= 0.3 is 6.18 Å². The predicted molar refractivity (Wildman–Crippen MR) is 81.0 cm³/mol. The zero-order valence-electron chi connectivity index (χ0n) is 12.7. The fourth-order valence-electron chi connectivity index (χ4n) is 2.88. The fourth-order valence-corrected chi connectivity index (χ4v) is 2.88. The van der Waals surface area contributed by atoms with Crippen LogP contribution in [0.5, 0.6) is 0 Å². The van der Waals surface area contributed by atoms with Gasteiger partial charge in [-0.25, -0.2) is 0 Å². The van der Waals surface area contributed by atoms with Crippen LogP contribution in [0.3, 0.4) is 0 Å². The first kappa shape index (κ1) is 17.1. The van der Waals surface area contributed by atoms with Crippen molar-refractivity contribution in [3.05, 3.63) is 29.8 Å². The third kappa shape index (κ3) is 4.61. The maximum atomic E-state index is 12.6. The number of aliphatic hydroxyl groups excluding tert-OH is 1. The number of hydrogen-bond donors (Lipinski definition) is 2. The average Bonchev–Trinajstić information content (AvgIpc) is 2.93. The Kier molecular flexibility index (Phi) is 5.69. The van der Waals surface area contributed by atoms with Crippen molar-refractivity contribution in [2.24, 2.45) is 0 Å². The summed E-state index contributed by atoms with van der Waals surface area (Å²) in [6.45, 7) is 3.94. The molecule has 0 bridgehead atoms. The highest BCUT2D eigenvalue weighted by atomic mass is 19.4. The molecule has 1 aromatic carbocycles. The van der Waals surface area contributed by atoms with Gasteiger partial charge < -0.3 is 15.3 Å². The van der Waals surface area contributed by atoms with Gasteiger partial charge in [0.1, 0.15) is 0 Å². The number of nitrogens with zero attached hydrogens (tertiary/aromatic N) is 1. The minimum Gasteiger partial charge on any atom is -0.396 e. The smallest absolute Gasteiger partial charge is 0.396 e. The van der Waals surface area contributed by atoms with Gasteiger partial charge in [0.25, 0.3) is 0 Å². The van der Waals surface area contributed by atoms with Gasteiger partial charge in [0.05, 0.1) is 5.56 Å². The van der Waals surface area contributed by atoms with Crippen LogP contribution in [-0.4, -0.2) is 36.9 Å². The summed E-state index contributed by atoms with van der Waals surface area (Å²) in [6, 6.07) is 6.04. The summed E-state index contributed by atoms with van der Waals surface area (Å²) in [5.41, 5.74) is 0.225. The van der Waals surface area contributed by atoms with Crippen LogP contribution in [0.1, 0.15) is 31.7 Å². The normalized spacial score (nSPS) is 20.4. The number of rotatable bonds is 6. The van der Waals surface area contributed by atoms with Crippen LogP contribution in [-0.2, 0) is 6.18 Å². The molecule has 6 heteroatoms. The highest BCUT2D eigenvalue weighted by Gasteiger charge is 2.30. The van der Waals surface area contributed by atoms with Gasteiger partial charge in [0.15, 0.2) is 0 Å². The summed E-state index contributed by atoms with van der Waals surface area (Å²) in [5.74, 6) is 0. The summed E-state index contributed by atoms with van der Waals surface area (Å²) in [7, 11) is 0. The van der Waals surface area contributed by atoms with Gasteiger partial charge in [0, 0.05) is 37.5 Å². The van der Waals surface area contributed by atoms with Crippen molar-refractivity contribution in [2.75, 3.05) is 24.6 Å². The van der Waals surface area contributed by atoms with Crippen LogP contribution >= 0.6 is 0 Å². The zero-order chi connectivity index (χ0) is 16.2. The molecule has 0 radical (unpaired) electrons. The highest BCUT2D eigenvalue weighted by molar-refractivity contribution is 5.49. The molecule has 2 N–H and O–H groups in total. The molecule has 1 saturated heterocycles. The standard InChI is InChI=1S/C16H23F3N2O/c1-12(3-2-10-22)20-14-8-9-21(11-14)15-6-4-13(5-7-15)16(17,18)19/h4-7,12,14,20,22H,2-3,8-11H2,1H3/t12-,14-/m0/s1. The van der Waals surface area contributed by atoms with E-state index in [2.05, 4.69) is 17.1 Å². The van der Waals surface area contributed by atoms with Gasteiger partial charge in [-0.2, -0.15) is 13.2 Å². The summed E-state index contributed by atoms with van der Waals surface area (Å²) in [4.78, 5) is 2.11. The van der Waals surface area contributed by atoms with Crippen LogP contribution in [0.15, 0.2) is 24.3 Å². The summed E-state index contributed by atoms with van der Waals surface area (Å²) < 4.78 is 37.7. The molecule has 0 saturated carbocycles. The van der Waals surface area contributed by atoms with E-state index >= 15 is 0 Å². The van der Waals surface area contributed by atoms with Gasteiger partial charge in [-0.3, -0.25) is 0 Å². The second kappa shape index (κ2) is 7.33.